The third kappa shape index (κ3) is 3.52. The Morgan fingerprint density at radius 1 is 1.39 bits per heavy atom. The van der Waals surface area contributed by atoms with E-state index in [1.807, 2.05) is 0 Å². The summed E-state index contributed by atoms with van der Waals surface area (Å²) < 4.78 is 32.4. The Kier molecular flexibility index (Phi) is 4.74. The Hall–Kier alpha value is -0.470. The molecule has 0 aliphatic carbocycles. The molecule has 0 unspecified atom stereocenters. The van der Waals surface area contributed by atoms with E-state index in [0.29, 0.717) is 36.7 Å². The molecule has 2 N–H and O–H groups in total. The van der Waals surface area contributed by atoms with Crippen molar-refractivity contribution in [3.8, 4) is 0 Å². The van der Waals surface area contributed by atoms with E-state index in [-0.39, 0.29) is 12.6 Å². The number of hydrogen-bond acceptors (Lipinski definition) is 5. The Balaban J connectivity index is 2.04. The molecule has 0 atom stereocenters. The molecule has 0 radical (unpaired) electrons. The maximum atomic E-state index is 12.1. The Bertz CT molecular complexity index is 477. The van der Waals surface area contributed by atoms with Crippen LogP contribution >= 0.6 is 11.3 Å². The molecule has 0 bridgehead atoms. The van der Waals surface area contributed by atoms with E-state index < -0.39 is 10.0 Å². The van der Waals surface area contributed by atoms with Crippen LogP contribution in [0.4, 0.5) is 0 Å². The van der Waals surface area contributed by atoms with Crippen LogP contribution in [-0.4, -0.2) is 39.4 Å². The van der Waals surface area contributed by atoms with Crippen LogP contribution in [-0.2, 0) is 21.2 Å². The first-order valence-electron chi connectivity index (χ1n) is 5.91. The van der Waals surface area contributed by atoms with E-state index in [0.717, 1.165) is 4.88 Å². The molecule has 2 rings (SSSR count). The van der Waals surface area contributed by atoms with Crippen molar-refractivity contribution in [3.05, 3.63) is 17.0 Å². The summed E-state index contributed by atoms with van der Waals surface area (Å²) in [6.07, 6.45) is 1.93. The van der Waals surface area contributed by atoms with Crippen LogP contribution in [0.1, 0.15) is 17.7 Å². The second-order valence-electron chi connectivity index (χ2n) is 4.20. The lowest BCUT2D eigenvalue weighted by Gasteiger charge is -2.22. The fraction of sp³-hybridized carbons (Fsp3) is 0.636. The zero-order valence-corrected chi connectivity index (χ0v) is 11.6. The lowest BCUT2D eigenvalue weighted by atomic mass is 10.1. The van der Waals surface area contributed by atoms with E-state index in [2.05, 4.69) is 4.72 Å². The van der Waals surface area contributed by atoms with Crippen molar-refractivity contribution in [2.24, 2.45) is 0 Å². The zero-order chi connectivity index (χ0) is 13.0. The molecule has 18 heavy (non-hydrogen) atoms. The number of aliphatic hydroxyl groups excluding tert-OH is 1. The van der Waals surface area contributed by atoms with Crippen molar-refractivity contribution < 1.29 is 18.3 Å². The number of ether oxygens (including phenoxy) is 1. The van der Waals surface area contributed by atoms with Crippen LogP contribution in [0.2, 0.25) is 0 Å². The summed E-state index contributed by atoms with van der Waals surface area (Å²) in [6, 6.07) is 3.31. The third-order valence-corrected chi connectivity index (χ3v) is 5.96. The van der Waals surface area contributed by atoms with Gasteiger partial charge in [-0.1, -0.05) is 0 Å². The molecule has 0 spiro atoms. The zero-order valence-electron chi connectivity index (χ0n) is 9.96. The van der Waals surface area contributed by atoms with Gasteiger partial charge in [0.2, 0.25) is 10.0 Å². The van der Waals surface area contributed by atoms with Crippen molar-refractivity contribution in [2.75, 3.05) is 19.8 Å². The maximum absolute atomic E-state index is 12.1. The maximum Gasteiger partial charge on any atom is 0.250 e. The predicted molar refractivity (Wildman–Crippen MR) is 69.3 cm³/mol. The minimum Gasteiger partial charge on any atom is -0.396 e. The van der Waals surface area contributed by atoms with E-state index in [1.54, 1.807) is 12.1 Å². The van der Waals surface area contributed by atoms with Gasteiger partial charge in [-0.2, -0.15) is 0 Å². The van der Waals surface area contributed by atoms with Gasteiger partial charge in [-0.15, -0.1) is 11.3 Å². The fourth-order valence-electron chi connectivity index (χ4n) is 1.84. The van der Waals surface area contributed by atoms with Crippen molar-refractivity contribution >= 4 is 21.4 Å². The van der Waals surface area contributed by atoms with Gasteiger partial charge in [0, 0.05) is 37.2 Å². The molecule has 1 fully saturated rings. The van der Waals surface area contributed by atoms with Gasteiger partial charge in [-0.3, -0.25) is 0 Å². The van der Waals surface area contributed by atoms with Crippen molar-refractivity contribution in [1.29, 1.82) is 0 Å². The lowest BCUT2D eigenvalue weighted by Crippen LogP contribution is -2.38. The number of nitrogens with one attached hydrogen (secondary N) is 1. The summed E-state index contributed by atoms with van der Waals surface area (Å²) in [6.45, 7) is 1.24. The van der Waals surface area contributed by atoms with Gasteiger partial charge in [0.1, 0.15) is 4.21 Å². The Morgan fingerprint density at radius 2 is 2.11 bits per heavy atom. The van der Waals surface area contributed by atoms with E-state index >= 15 is 0 Å². The van der Waals surface area contributed by atoms with Crippen LogP contribution in [0, 0.1) is 0 Å². The smallest absolute Gasteiger partial charge is 0.250 e. The molecule has 1 aromatic heterocycles. The minimum absolute atomic E-state index is 0.0351. The molecule has 0 aromatic carbocycles. The molecule has 1 aliphatic rings. The van der Waals surface area contributed by atoms with Crippen LogP contribution in [0.3, 0.4) is 0 Å². The van der Waals surface area contributed by atoms with Crippen LogP contribution < -0.4 is 4.72 Å². The Morgan fingerprint density at radius 3 is 2.78 bits per heavy atom. The van der Waals surface area contributed by atoms with Gasteiger partial charge >= 0.3 is 0 Å². The number of rotatable bonds is 5. The molecule has 1 aromatic rings. The molecule has 0 saturated carbocycles. The molecular weight excluding hydrogens is 274 g/mol. The highest BCUT2D eigenvalue weighted by Gasteiger charge is 2.23. The SMILES string of the molecule is O=S(=O)(NC1CCOCC1)c1ccc(CCO)s1. The third-order valence-electron chi connectivity index (χ3n) is 2.80. The van der Waals surface area contributed by atoms with Gasteiger partial charge < -0.3 is 9.84 Å². The average Bonchev–Trinajstić information content (AvgIpc) is 2.80. The molecule has 5 nitrogen and oxygen atoms in total. The van der Waals surface area contributed by atoms with Crippen molar-refractivity contribution in [1.82, 2.24) is 4.72 Å². The molecular formula is C11H17NO4S2. The molecule has 2 heterocycles. The second-order valence-corrected chi connectivity index (χ2v) is 7.31. The number of hydrogen-bond donors (Lipinski definition) is 2. The molecule has 1 aliphatic heterocycles. The first kappa shape index (κ1) is 14.0. The summed E-state index contributed by atoms with van der Waals surface area (Å²) in [5.41, 5.74) is 0. The summed E-state index contributed by atoms with van der Waals surface area (Å²) in [7, 11) is -3.43. The second kappa shape index (κ2) is 6.12. The number of thiophene rings is 1. The standard InChI is InChI=1S/C11H17NO4S2/c13-6-3-10-1-2-11(17-10)18(14,15)12-9-4-7-16-8-5-9/h1-2,9,12-13H,3-8H2. The van der Waals surface area contributed by atoms with Crippen LogP contribution in [0.5, 0.6) is 0 Å². The van der Waals surface area contributed by atoms with E-state index in [4.69, 9.17) is 9.84 Å². The summed E-state index contributed by atoms with van der Waals surface area (Å²) in [4.78, 5) is 0.879. The average molecular weight is 291 g/mol. The molecule has 102 valence electrons. The monoisotopic (exact) mass is 291 g/mol. The van der Waals surface area contributed by atoms with Gasteiger partial charge in [0.25, 0.3) is 0 Å². The van der Waals surface area contributed by atoms with E-state index in [1.165, 1.54) is 11.3 Å². The highest BCUT2D eigenvalue weighted by molar-refractivity contribution is 7.91. The van der Waals surface area contributed by atoms with Crippen LogP contribution in [0.15, 0.2) is 16.3 Å². The normalized spacial score (nSPS) is 18.1. The highest BCUT2D eigenvalue weighted by atomic mass is 32.2. The quantitative estimate of drug-likeness (QED) is 0.839. The lowest BCUT2D eigenvalue weighted by molar-refractivity contribution is 0.0832. The van der Waals surface area contributed by atoms with Gasteiger partial charge in [0.15, 0.2) is 0 Å². The summed E-state index contributed by atoms with van der Waals surface area (Å²) in [5.74, 6) is 0. The number of aliphatic hydroxyl groups is 1. The minimum atomic E-state index is -3.43. The molecule has 7 heteroatoms. The van der Waals surface area contributed by atoms with Crippen LogP contribution in [0.25, 0.3) is 0 Å². The molecule has 0 amide bonds. The Labute approximate surface area is 111 Å². The molecule has 1 saturated heterocycles. The van der Waals surface area contributed by atoms with Crippen molar-refractivity contribution in [2.45, 2.75) is 29.5 Å². The first-order valence-corrected chi connectivity index (χ1v) is 8.21. The highest BCUT2D eigenvalue weighted by Crippen LogP contribution is 2.22. The van der Waals surface area contributed by atoms with E-state index in [9.17, 15) is 8.42 Å². The van der Waals surface area contributed by atoms with Crippen molar-refractivity contribution in [3.63, 3.8) is 0 Å². The largest absolute Gasteiger partial charge is 0.396 e. The number of sulfonamides is 1. The van der Waals surface area contributed by atoms with Gasteiger partial charge in [0.05, 0.1) is 0 Å². The topological polar surface area (TPSA) is 75.6 Å². The predicted octanol–water partition coefficient (Wildman–Crippen LogP) is 0.740. The van der Waals surface area contributed by atoms with Gasteiger partial charge in [-0.25, -0.2) is 13.1 Å². The summed E-state index contributed by atoms with van der Waals surface area (Å²) >= 11 is 1.21. The first-order chi connectivity index (χ1) is 8.62. The summed E-state index contributed by atoms with van der Waals surface area (Å²) in [5, 5.41) is 8.82. The fourth-order valence-corrected chi connectivity index (χ4v) is 4.51. The van der Waals surface area contributed by atoms with Gasteiger partial charge in [-0.05, 0) is 25.0 Å².